The third-order valence-electron chi connectivity index (χ3n) is 2.46. The summed E-state index contributed by atoms with van der Waals surface area (Å²) in [6.07, 6.45) is 3.58. The summed E-state index contributed by atoms with van der Waals surface area (Å²) in [5.41, 5.74) is 6.59. The number of rotatable bonds is 4. The molecule has 0 aliphatic carbocycles. The lowest BCUT2D eigenvalue weighted by Crippen LogP contribution is -2.11. The summed E-state index contributed by atoms with van der Waals surface area (Å²) >= 11 is 0. The van der Waals surface area contributed by atoms with Gasteiger partial charge in [-0.25, -0.2) is 0 Å². The molecule has 5 nitrogen and oxygen atoms in total. The van der Waals surface area contributed by atoms with Gasteiger partial charge in [-0.05, 0) is 18.2 Å². The maximum Gasteiger partial charge on any atom is 0.248 e. The van der Waals surface area contributed by atoms with Crippen molar-refractivity contribution in [2.75, 3.05) is 7.11 Å². The number of carbonyl (C=O) groups is 1. The number of aromatic nitrogens is 2. The second-order valence-electron chi connectivity index (χ2n) is 3.59. The summed E-state index contributed by atoms with van der Waals surface area (Å²) in [5, 5.41) is 4.11. The van der Waals surface area contributed by atoms with Gasteiger partial charge in [-0.1, -0.05) is 6.07 Å². The van der Waals surface area contributed by atoms with Crippen molar-refractivity contribution in [2.45, 2.75) is 6.54 Å². The number of hydrogen-bond donors (Lipinski definition) is 1. The molecule has 0 bridgehead atoms. The van der Waals surface area contributed by atoms with Crippen LogP contribution in [0.25, 0.3) is 0 Å². The van der Waals surface area contributed by atoms with Gasteiger partial charge in [0.05, 0.1) is 13.7 Å². The zero-order valence-electron chi connectivity index (χ0n) is 9.46. The highest BCUT2D eigenvalue weighted by Gasteiger charge is 2.08. The van der Waals surface area contributed by atoms with Crippen molar-refractivity contribution in [2.24, 2.45) is 5.73 Å². The van der Waals surface area contributed by atoms with Gasteiger partial charge in [0, 0.05) is 23.5 Å². The van der Waals surface area contributed by atoms with Crippen molar-refractivity contribution < 1.29 is 9.53 Å². The molecule has 2 N–H and O–H groups in total. The Morgan fingerprint density at radius 3 is 2.94 bits per heavy atom. The number of hydrogen-bond acceptors (Lipinski definition) is 3. The van der Waals surface area contributed by atoms with E-state index in [4.69, 9.17) is 10.5 Å². The van der Waals surface area contributed by atoms with E-state index in [1.165, 1.54) is 0 Å². The molecule has 1 amide bonds. The summed E-state index contributed by atoms with van der Waals surface area (Å²) in [5.74, 6) is 0.172. The average Bonchev–Trinajstić information content (AvgIpc) is 2.82. The monoisotopic (exact) mass is 231 g/mol. The Morgan fingerprint density at radius 2 is 2.35 bits per heavy atom. The second kappa shape index (κ2) is 4.69. The van der Waals surface area contributed by atoms with E-state index in [9.17, 15) is 4.79 Å². The standard InChI is InChI=1S/C12H13N3O2/c1-17-11-7-9(12(13)16)3-4-10(11)8-15-6-2-5-14-15/h2-7H,8H2,1H3,(H2,13,16). The van der Waals surface area contributed by atoms with E-state index in [1.807, 2.05) is 18.3 Å². The van der Waals surface area contributed by atoms with Crippen LogP contribution in [0.2, 0.25) is 0 Å². The van der Waals surface area contributed by atoms with E-state index in [2.05, 4.69) is 5.10 Å². The van der Waals surface area contributed by atoms with Crippen LogP contribution in [0.3, 0.4) is 0 Å². The summed E-state index contributed by atoms with van der Waals surface area (Å²) in [6, 6.07) is 7.00. The minimum Gasteiger partial charge on any atom is -0.496 e. The molecule has 1 heterocycles. The van der Waals surface area contributed by atoms with Crippen LogP contribution in [-0.4, -0.2) is 22.8 Å². The Bertz CT molecular complexity index is 521. The van der Waals surface area contributed by atoms with Crippen LogP contribution in [0.5, 0.6) is 5.75 Å². The Balaban J connectivity index is 2.31. The highest BCUT2D eigenvalue weighted by atomic mass is 16.5. The Hall–Kier alpha value is -2.30. The van der Waals surface area contributed by atoms with Crippen LogP contribution >= 0.6 is 0 Å². The molecule has 0 saturated carbocycles. The highest BCUT2D eigenvalue weighted by molar-refractivity contribution is 5.93. The van der Waals surface area contributed by atoms with Crippen molar-refractivity contribution >= 4 is 5.91 Å². The first-order valence-corrected chi connectivity index (χ1v) is 5.15. The molecule has 2 aromatic rings. The number of nitrogens with two attached hydrogens (primary N) is 1. The predicted molar refractivity (Wildman–Crippen MR) is 62.8 cm³/mol. The van der Waals surface area contributed by atoms with Crippen LogP contribution in [0.4, 0.5) is 0 Å². The molecule has 1 aromatic carbocycles. The van der Waals surface area contributed by atoms with Crippen molar-refractivity contribution in [3.63, 3.8) is 0 Å². The summed E-state index contributed by atoms with van der Waals surface area (Å²) in [6.45, 7) is 0.592. The molecule has 0 aliphatic rings. The largest absolute Gasteiger partial charge is 0.496 e. The first-order chi connectivity index (χ1) is 8.20. The number of methoxy groups -OCH3 is 1. The Kier molecular flexibility index (Phi) is 3.09. The number of ether oxygens (including phenoxy) is 1. The van der Waals surface area contributed by atoms with Crippen LogP contribution < -0.4 is 10.5 Å². The molecule has 5 heteroatoms. The van der Waals surface area contributed by atoms with Gasteiger partial charge in [0.15, 0.2) is 0 Å². The van der Waals surface area contributed by atoms with Crippen molar-refractivity contribution in [1.29, 1.82) is 0 Å². The molecule has 2 rings (SSSR count). The number of amides is 1. The molecular weight excluding hydrogens is 218 g/mol. The van der Waals surface area contributed by atoms with Crippen LogP contribution in [-0.2, 0) is 6.54 Å². The van der Waals surface area contributed by atoms with Crippen LogP contribution in [0.15, 0.2) is 36.7 Å². The Morgan fingerprint density at radius 1 is 1.53 bits per heavy atom. The molecule has 0 fully saturated rings. The van der Waals surface area contributed by atoms with E-state index in [0.717, 1.165) is 5.56 Å². The topological polar surface area (TPSA) is 70.1 Å². The average molecular weight is 231 g/mol. The number of primary amides is 1. The van der Waals surface area contributed by atoms with E-state index in [1.54, 1.807) is 30.1 Å². The molecule has 88 valence electrons. The quantitative estimate of drug-likeness (QED) is 0.854. The minimum absolute atomic E-state index is 0.436. The van der Waals surface area contributed by atoms with Gasteiger partial charge in [-0.2, -0.15) is 5.10 Å². The zero-order chi connectivity index (χ0) is 12.3. The Labute approximate surface area is 98.8 Å². The fraction of sp³-hybridized carbons (Fsp3) is 0.167. The maximum absolute atomic E-state index is 11.0. The van der Waals surface area contributed by atoms with Gasteiger partial charge >= 0.3 is 0 Å². The van der Waals surface area contributed by atoms with E-state index >= 15 is 0 Å². The van der Waals surface area contributed by atoms with Crippen LogP contribution in [0.1, 0.15) is 15.9 Å². The van der Waals surface area contributed by atoms with E-state index in [-0.39, 0.29) is 0 Å². The fourth-order valence-electron chi connectivity index (χ4n) is 1.60. The van der Waals surface area contributed by atoms with Crippen molar-refractivity contribution in [3.05, 3.63) is 47.8 Å². The van der Waals surface area contributed by atoms with E-state index in [0.29, 0.717) is 17.9 Å². The molecule has 0 atom stereocenters. The SMILES string of the molecule is COc1cc(C(N)=O)ccc1Cn1cccn1. The molecule has 0 spiro atoms. The first kappa shape index (κ1) is 11.2. The summed E-state index contributed by atoms with van der Waals surface area (Å²) in [7, 11) is 1.56. The lowest BCUT2D eigenvalue weighted by molar-refractivity contribution is 0.1000. The summed E-state index contributed by atoms with van der Waals surface area (Å²) < 4.78 is 7.02. The first-order valence-electron chi connectivity index (χ1n) is 5.15. The van der Waals surface area contributed by atoms with Gasteiger partial charge in [0.1, 0.15) is 5.75 Å². The predicted octanol–water partition coefficient (Wildman–Crippen LogP) is 1.04. The number of nitrogens with zero attached hydrogens (tertiary/aromatic N) is 2. The molecule has 17 heavy (non-hydrogen) atoms. The summed E-state index contributed by atoms with van der Waals surface area (Å²) in [4.78, 5) is 11.0. The van der Waals surface area contributed by atoms with Gasteiger partial charge in [-0.15, -0.1) is 0 Å². The molecule has 0 aliphatic heterocycles. The number of benzene rings is 1. The number of carbonyl (C=O) groups excluding carboxylic acids is 1. The minimum atomic E-state index is -0.464. The third kappa shape index (κ3) is 2.44. The van der Waals surface area contributed by atoms with Crippen molar-refractivity contribution in [1.82, 2.24) is 9.78 Å². The fourth-order valence-corrected chi connectivity index (χ4v) is 1.60. The highest BCUT2D eigenvalue weighted by Crippen LogP contribution is 2.20. The maximum atomic E-state index is 11.0. The van der Waals surface area contributed by atoms with Gasteiger partial charge in [0.2, 0.25) is 5.91 Å². The lowest BCUT2D eigenvalue weighted by Gasteiger charge is -2.09. The second-order valence-corrected chi connectivity index (χ2v) is 3.59. The van der Waals surface area contributed by atoms with E-state index < -0.39 is 5.91 Å². The smallest absolute Gasteiger partial charge is 0.248 e. The molecular formula is C12H13N3O2. The van der Waals surface area contributed by atoms with Gasteiger partial charge in [-0.3, -0.25) is 9.48 Å². The lowest BCUT2D eigenvalue weighted by atomic mass is 10.1. The molecule has 1 aromatic heterocycles. The molecule has 0 unspecified atom stereocenters. The normalized spacial score (nSPS) is 10.2. The van der Waals surface area contributed by atoms with Gasteiger partial charge < -0.3 is 10.5 Å². The zero-order valence-corrected chi connectivity index (χ0v) is 9.46. The molecule has 0 saturated heterocycles. The van der Waals surface area contributed by atoms with Gasteiger partial charge in [0.25, 0.3) is 0 Å². The third-order valence-corrected chi connectivity index (χ3v) is 2.46. The van der Waals surface area contributed by atoms with Crippen LogP contribution in [0, 0.1) is 0 Å². The molecule has 0 radical (unpaired) electrons. The van der Waals surface area contributed by atoms with Crippen molar-refractivity contribution in [3.8, 4) is 5.75 Å².